The van der Waals surface area contributed by atoms with Crippen molar-refractivity contribution in [2.75, 3.05) is 0 Å². The third kappa shape index (κ3) is 3.28. The first-order valence-electron chi connectivity index (χ1n) is 5.93. The van der Waals surface area contributed by atoms with Crippen LogP contribution in [0.2, 0.25) is 0 Å². The maximum Gasteiger partial charge on any atom is 0.119 e. The first-order valence-corrected chi connectivity index (χ1v) is 5.93. The highest BCUT2D eigenvalue weighted by molar-refractivity contribution is 5.48. The highest BCUT2D eigenvalue weighted by Crippen LogP contribution is 2.10. The van der Waals surface area contributed by atoms with Gasteiger partial charge in [-0.15, -0.1) is 0 Å². The van der Waals surface area contributed by atoms with Crippen molar-refractivity contribution in [3.8, 4) is 5.69 Å². The van der Waals surface area contributed by atoms with Gasteiger partial charge >= 0.3 is 0 Å². The standard InChI is InChI=1S/C14H16N2O/c17-10-6-2-3-7-13-11-15-16(12-13)14-8-4-1-5-9-14/h1,4-5,8-12H,2-3,6-7H2. The fraction of sp³-hybridized carbons (Fsp3) is 0.286. The molecule has 17 heavy (non-hydrogen) atoms. The smallest absolute Gasteiger partial charge is 0.119 e. The zero-order valence-corrected chi connectivity index (χ0v) is 9.75. The second kappa shape index (κ2) is 5.99. The first-order chi connectivity index (χ1) is 8.40. The van der Waals surface area contributed by atoms with Crippen molar-refractivity contribution < 1.29 is 4.79 Å². The molecule has 88 valence electrons. The Morgan fingerprint density at radius 3 is 2.76 bits per heavy atom. The number of para-hydroxylation sites is 1. The van der Waals surface area contributed by atoms with Crippen LogP contribution in [0.15, 0.2) is 42.7 Å². The molecule has 0 unspecified atom stereocenters. The van der Waals surface area contributed by atoms with Crippen molar-refractivity contribution in [1.82, 2.24) is 9.78 Å². The first kappa shape index (κ1) is 11.6. The summed E-state index contributed by atoms with van der Waals surface area (Å²) in [5.74, 6) is 0. The lowest BCUT2D eigenvalue weighted by molar-refractivity contribution is -0.107. The number of hydrogen-bond acceptors (Lipinski definition) is 2. The van der Waals surface area contributed by atoms with E-state index in [1.54, 1.807) is 0 Å². The number of rotatable bonds is 6. The van der Waals surface area contributed by atoms with Crippen molar-refractivity contribution in [2.24, 2.45) is 0 Å². The molecule has 0 aliphatic carbocycles. The molecular weight excluding hydrogens is 212 g/mol. The van der Waals surface area contributed by atoms with Crippen LogP contribution in [0.1, 0.15) is 24.8 Å². The van der Waals surface area contributed by atoms with Crippen LogP contribution in [0.4, 0.5) is 0 Å². The molecule has 0 spiro atoms. The summed E-state index contributed by atoms with van der Waals surface area (Å²) < 4.78 is 1.88. The van der Waals surface area contributed by atoms with Gasteiger partial charge in [0, 0.05) is 12.6 Å². The van der Waals surface area contributed by atoms with E-state index >= 15 is 0 Å². The van der Waals surface area contributed by atoms with Crippen LogP contribution in [0, 0.1) is 0 Å². The molecule has 3 nitrogen and oxygen atoms in total. The second-order valence-corrected chi connectivity index (χ2v) is 4.04. The third-order valence-corrected chi connectivity index (χ3v) is 2.69. The molecule has 0 N–H and O–H groups in total. The number of aromatic nitrogens is 2. The molecule has 0 aliphatic heterocycles. The van der Waals surface area contributed by atoms with E-state index in [1.165, 1.54) is 5.56 Å². The van der Waals surface area contributed by atoms with Gasteiger partial charge in [-0.05, 0) is 37.0 Å². The molecule has 1 heterocycles. The summed E-state index contributed by atoms with van der Waals surface area (Å²) in [6.45, 7) is 0. The average molecular weight is 228 g/mol. The summed E-state index contributed by atoms with van der Waals surface area (Å²) in [4.78, 5) is 10.2. The van der Waals surface area contributed by atoms with Crippen LogP contribution >= 0.6 is 0 Å². The highest BCUT2D eigenvalue weighted by atomic mass is 16.1. The van der Waals surface area contributed by atoms with Crippen molar-refractivity contribution in [3.63, 3.8) is 0 Å². The summed E-state index contributed by atoms with van der Waals surface area (Å²) in [5, 5.41) is 4.33. The van der Waals surface area contributed by atoms with Gasteiger partial charge in [-0.2, -0.15) is 5.10 Å². The monoisotopic (exact) mass is 228 g/mol. The van der Waals surface area contributed by atoms with Crippen LogP contribution in [-0.4, -0.2) is 16.1 Å². The lowest BCUT2D eigenvalue weighted by atomic mass is 10.1. The minimum atomic E-state index is 0.660. The number of benzene rings is 1. The second-order valence-electron chi connectivity index (χ2n) is 4.04. The van der Waals surface area contributed by atoms with Gasteiger partial charge in [-0.1, -0.05) is 18.2 Å². The van der Waals surface area contributed by atoms with E-state index in [4.69, 9.17) is 0 Å². The fourth-order valence-corrected chi connectivity index (χ4v) is 1.77. The Morgan fingerprint density at radius 1 is 1.18 bits per heavy atom. The van der Waals surface area contributed by atoms with Gasteiger partial charge in [-0.25, -0.2) is 4.68 Å². The lowest BCUT2D eigenvalue weighted by Gasteiger charge is -1.99. The molecule has 0 radical (unpaired) electrons. The fourth-order valence-electron chi connectivity index (χ4n) is 1.77. The van der Waals surface area contributed by atoms with Crippen molar-refractivity contribution in [1.29, 1.82) is 0 Å². The number of aldehydes is 1. The maximum absolute atomic E-state index is 10.2. The topological polar surface area (TPSA) is 34.9 Å². The average Bonchev–Trinajstić information content (AvgIpc) is 2.85. The summed E-state index contributed by atoms with van der Waals surface area (Å²) in [7, 11) is 0. The molecule has 0 saturated heterocycles. The van der Waals surface area contributed by atoms with Crippen LogP contribution < -0.4 is 0 Å². The van der Waals surface area contributed by atoms with E-state index in [-0.39, 0.29) is 0 Å². The Morgan fingerprint density at radius 2 is 2.00 bits per heavy atom. The molecule has 0 atom stereocenters. The Hall–Kier alpha value is -1.90. The molecule has 0 saturated carbocycles. The van der Waals surface area contributed by atoms with E-state index in [2.05, 4.69) is 11.3 Å². The summed E-state index contributed by atoms with van der Waals surface area (Å²) >= 11 is 0. The molecule has 1 aromatic carbocycles. The molecule has 2 rings (SSSR count). The van der Waals surface area contributed by atoms with Gasteiger partial charge in [-0.3, -0.25) is 0 Å². The number of nitrogens with zero attached hydrogens (tertiary/aromatic N) is 2. The molecule has 3 heteroatoms. The molecule has 1 aromatic heterocycles. The number of hydrogen-bond donors (Lipinski definition) is 0. The van der Waals surface area contributed by atoms with Crippen LogP contribution in [-0.2, 0) is 11.2 Å². The zero-order chi connectivity index (χ0) is 11.9. The van der Waals surface area contributed by atoms with Gasteiger partial charge in [0.25, 0.3) is 0 Å². The van der Waals surface area contributed by atoms with E-state index in [0.717, 1.165) is 31.2 Å². The number of aryl methyl sites for hydroxylation is 1. The summed E-state index contributed by atoms with van der Waals surface area (Å²) in [6, 6.07) is 10.1. The van der Waals surface area contributed by atoms with E-state index in [0.29, 0.717) is 6.42 Å². The molecular formula is C14H16N2O. The molecule has 2 aromatic rings. The molecule has 0 fully saturated rings. The largest absolute Gasteiger partial charge is 0.303 e. The van der Waals surface area contributed by atoms with Crippen molar-refractivity contribution in [2.45, 2.75) is 25.7 Å². The van der Waals surface area contributed by atoms with E-state index < -0.39 is 0 Å². The van der Waals surface area contributed by atoms with Crippen LogP contribution in [0.5, 0.6) is 0 Å². The number of unbranched alkanes of at least 4 members (excludes halogenated alkanes) is 2. The molecule has 0 aliphatic rings. The minimum absolute atomic E-state index is 0.660. The Bertz CT molecular complexity index is 462. The van der Waals surface area contributed by atoms with E-state index in [1.807, 2.05) is 41.2 Å². The summed E-state index contributed by atoms with van der Waals surface area (Å²) in [6.07, 6.45) is 8.57. The molecule has 0 amide bonds. The third-order valence-electron chi connectivity index (χ3n) is 2.69. The Labute approximate surface area is 101 Å². The van der Waals surface area contributed by atoms with Gasteiger partial charge in [0.15, 0.2) is 0 Å². The zero-order valence-electron chi connectivity index (χ0n) is 9.75. The SMILES string of the molecule is O=CCCCCc1cnn(-c2ccccc2)c1. The maximum atomic E-state index is 10.2. The lowest BCUT2D eigenvalue weighted by Crippen LogP contribution is -1.92. The quantitative estimate of drug-likeness (QED) is 0.563. The summed E-state index contributed by atoms with van der Waals surface area (Å²) in [5.41, 5.74) is 2.30. The normalized spacial score (nSPS) is 10.4. The van der Waals surface area contributed by atoms with Gasteiger partial charge < -0.3 is 4.79 Å². The van der Waals surface area contributed by atoms with Crippen molar-refractivity contribution >= 4 is 6.29 Å². The number of carbonyl (C=O) groups excluding carboxylic acids is 1. The van der Waals surface area contributed by atoms with E-state index in [9.17, 15) is 4.79 Å². The number of carbonyl (C=O) groups is 1. The minimum Gasteiger partial charge on any atom is -0.303 e. The van der Waals surface area contributed by atoms with Gasteiger partial charge in [0.1, 0.15) is 6.29 Å². The highest BCUT2D eigenvalue weighted by Gasteiger charge is 2.00. The van der Waals surface area contributed by atoms with Crippen LogP contribution in [0.25, 0.3) is 5.69 Å². The van der Waals surface area contributed by atoms with Gasteiger partial charge in [0.2, 0.25) is 0 Å². The Kier molecular flexibility index (Phi) is 4.08. The van der Waals surface area contributed by atoms with Crippen molar-refractivity contribution in [3.05, 3.63) is 48.3 Å². The predicted octanol–water partition coefficient (Wildman–Crippen LogP) is 2.78. The Balaban J connectivity index is 1.94. The van der Waals surface area contributed by atoms with Crippen LogP contribution in [0.3, 0.4) is 0 Å². The predicted molar refractivity (Wildman–Crippen MR) is 67.2 cm³/mol. The molecule has 0 bridgehead atoms. The van der Waals surface area contributed by atoms with Gasteiger partial charge in [0.05, 0.1) is 11.9 Å².